The molecule has 22 heavy (non-hydrogen) atoms. The minimum atomic E-state index is -0.452. The molecule has 112 valence electrons. The van der Waals surface area contributed by atoms with Crippen molar-refractivity contribution in [1.82, 2.24) is 0 Å². The summed E-state index contributed by atoms with van der Waals surface area (Å²) in [7, 11) is 0. The molecule has 0 aliphatic carbocycles. The van der Waals surface area contributed by atoms with Gasteiger partial charge in [-0.1, -0.05) is 29.8 Å². The normalized spacial score (nSPS) is 12.3. The van der Waals surface area contributed by atoms with E-state index in [9.17, 15) is 10.1 Å². The van der Waals surface area contributed by atoms with Gasteiger partial charge in [-0.15, -0.1) is 0 Å². The van der Waals surface area contributed by atoms with Gasteiger partial charge in [0, 0.05) is 28.4 Å². The van der Waals surface area contributed by atoms with Gasteiger partial charge >= 0.3 is 0 Å². The van der Waals surface area contributed by atoms with Gasteiger partial charge in [0.15, 0.2) is 0 Å². The second-order valence-electron chi connectivity index (χ2n) is 4.64. The topological polar surface area (TPSA) is 81.5 Å². The van der Waals surface area contributed by atoms with E-state index in [0.29, 0.717) is 22.1 Å². The summed E-state index contributed by atoms with van der Waals surface area (Å²) < 4.78 is 0. The summed E-state index contributed by atoms with van der Waals surface area (Å²) in [6.07, 6.45) is 1.71. The number of hydrogen-bond acceptors (Lipinski definition) is 4. The van der Waals surface area contributed by atoms with Crippen molar-refractivity contribution in [1.29, 1.82) is 0 Å². The third kappa shape index (κ3) is 3.93. The number of non-ortho nitro benzene ring substituents is 1. The second-order valence-corrected chi connectivity index (χ2v) is 5.05. The molecule has 0 unspecified atom stereocenters. The van der Waals surface area contributed by atoms with Crippen LogP contribution in [0.25, 0.3) is 0 Å². The lowest BCUT2D eigenvalue weighted by atomic mass is 10.1. The van der Waals surface area contributed by atoms with Crippen LogP contribution >= 0.6 is 11.6 Å². The Labute approximate surface area is 132 Å². The van der Waals surface area contributed by atoms with Crippen LogP contribution in [0.2, 0.25) is 5.02 Å². The van der Waals surface area contributed by atoms with Crippen LogP contribution in [0.3, 0.4) is 0 Å². The molecule has 0 amide bonds. The van der Waals surface area contributed by atoms with E-state index in [1.54, 1.807) is 31.2 Å². The van der Waals surface area contributed by atoms with E-state index in [1.807, 2.05) is 18.2 Å². The molecule has 2 N–H and O–H groups in total. The first kappa shape index (κ1) is 15.7. The molecule has 5 nitrogen and oxygen atoms in total. The molecular formula is C16H14ClN3O2. The molecule has 0 atom stereocenters. The van der Waals surface area contributed by atoms with Crippen LogP contribution in [0.1, 0.15) is 12.5 Å². The van der Waals surface area contributed by atoms with Crippen LogP contribution in [0.5, 0.6) is 0 Å². The first-order valence-electron chi connectivity index (χ1n) is 6.49. The molecule has 0 fully saturated rings. The molecule has 2 aromatic rings. The molecule has 0 bridgehead atoms. The van der Waals surface area contributed by atoms with Crippen molar-refractivity contribution in [2.45, 2.75) is 6.92 Å². The van der Waals surface area contributed by atoms with Crippen molar-refractivity contribution in [3.8, 4) is 0 Å². The minimum absolute atomic E-state index is 0.0174. The smallest absolute Gasteiger partial charge is 0.269 e. The van der Waals surface area contributed by atoms with Crippen LogP contribution in [0.15, 0.2) is 65.3 Å². The quantitative estimate of drug-likeness (QED) is 0.520. The number of benzene rings is 2. The van der Waals surface area contributed by atoms with Crippen molar-refractivity contribution in [3.05, 3.63) is 81.0 Å². The second kappa shape index (κ2) is 6.87. The Morgan fingerprint density at radius 3 is 2.41 bits per heavy atom. The van der Waals surface area contributed by atoms with E-state index >= 15 is 0 Å². The van der Waals surface area contributed by atoms with Gasteiger partial charge in [0.2, 0.25) is 0 Å². The highest BCUT2D eigenvalue weighted by Gasteiger charge is 2.07. The SMILES string of the molecule is CC(N)=CC(=Nc1ccc([N+](=O)[O-])cc1)c1ccccc1Cl. The number of nitro benzene ring substituents is 1. The number of hydrogen-bond donors (Lipinski definition) is 1. The summed E-state index contributed by atoms with van der Waals surface area (Å²) in [6.45, 7) is 1.75. The number of halogens is 1. The Hall–Kier alpha value is -2.66. The molecule has 6 heteroatoms. The molecule has 0 spiro atoms. The van der Waals surface area contributed by atoms with E-state index in [2.05, 4.69) is 4.99 Å². The summed E-state index contributed by atoms with van der Waals surface area (Å²) in [5.74, 6) is 0. The summed E-state index contributed by atoms with van der Waals surface area (Å²) in [5, 5.41) is 11.2. The molecule has 0 saturated carbocycles. The fourth-order valence-electron chi connectivity index (χ4n) is 1.84. The first-order chi connectivity index (χ1) is 10.5. The Kier molecular flexibility index (Phi) is 4.91. The molecule has 0 aromatic heterocycles. The maximum Gasteiger partial charge on any atom is 0.269 e. The lowest BCUT2D eigenvalue weighted by molar-refractivity contribution is -0.384. The summed E-state index contributed by atoms with van der Waals surface area (Å²) >= 11 is 6.20. The highest BCUT2D eigenvalue weighted by Crippen LogP contribution is 2.22. The number of allylic oxidation sites excluding steroid dienone is 2. The monoisotopic (exact) mass is 315 g/mol. The summed E-state index contributed by atoms with van der Waals surface area (Å²) in [5.41, 5.74) is 8.27. The van der Waals surface area contributed by atoms with Gasteiger partial charge in [0.05, 0.1) is 16.3 Å². The lowest BCUT2D eigenvalue weighted by Gasteiger charge is -2.06. The lowest BCUT2D eigenvalue weighted by Crippen LogP contribution is -2.02. The molecule has 2 rings (SSSR count). The van der Waals surface area contributed by atoms with E-state index in [0.717, 1.165) is 5.56 Å². The Morgan fingerprint density at radius 2 is 1.86 bits per heavy atom. The Morgan fingerprint density at radius 1 is 1.23 bits per heavy atom. The van der Waals surface area contributed by atoms with Crippen molar-refractivity contribution < 1.29 is 4.92 Å². The van der Waals surface area contributed by atoms with Crippen LogP contribution < -0.4 is 5.73 Å². The number of aliphatic imine (C=N–C) groups is 1. The predicted molar refractivity (Wildman–Crippen MR) is 88.7 cm³/mol. The van der Waals surface area contributed by atoms with Gasteiger partial charge < -0.3 is 5.73 Å². The van der Waals surface area contributed by atoms with Gasteiger partial charge in [-0.2, -0.15) is 0 Å². The predicted octanol–water partition coefficient (Wildman–Crippen LogP) is 4.23. The molecule has 0 aliphatic rings. The van der Waals surface area contributed by atoms with Crippen LogP contribution in [0.4, 0.5) is 11.4 Å². The van der Waals surface area contributed by atoms with Crippen molar-refractivity contribution in [2.75, 3.05) is 0 Å². The molecule has 2 aromatic carbocycles. The number of nitro groups is 1. The van der Waals surface area contributed by atoms with E-state index in [4.69, 9.17) is 17.3 Å². The van der Waals surface area contributed by atoms with E-state index in [1.165, 1.54) is 12.1 Å². The molecule has 0 saturated heterocycles. The van der Waals surface area contributed by atoms with Crippen LogP contribution in [0, 0.1) is 10.1 Å². The Balaban J connectivity index is 2.48. The standard InChI is InChI=1S/C16H14ClN3O2/c1-11(18)10-16(14-4-2-3-5-15(14)17)19-12-6-8-13(9-7-12)20(21)22/h2-10H,18H2,1H3. The fraction of sp³-hybridized carbons (Fsp3) is 0.0625. The van der Waals surface area contributed by atoms with E-state index in [-0.39, 0.29) is 5.69 Å². The zero-order valence-electron chi connectivity index (χ0n) is 11.9. The number of rotatable bonds is 4. The summed E-state index contributed by atoms with van der Waals surface area (Å²) in [6, 6.07) is 13.3. The average molecular weight is 316 g/mol. The van der Waals surface area contributed by atoms with Crippen molar-refractivity contribution in [2.24, 2.45) is 10.7 Å². The zero-order valence-corrected chi connectivity index (χ0v) is 12.6. The van der Waals surface area contributed by atoms with Gasteiger partial charge in [-0.25, -0.2) is 4.99 Å². The van der Waals surface area contributed by atoms with Crippen LogP contribution in [-0.4, -0.2) is 10.6 Å². The fourth-order valence-corrected chi connectivity index (χ4v) is 2.08. The largest absolute Gasteiger partial charge is 0.402 e. The maximum atomic E-state index is 10.7. The van der Waals surface area contributed by atoms with Gasteiger partial charge in [0.1, 0.15) is 0 Å². The van der Waals surface area contributed by atoms with Crippen molar-refractivity contribution >= 4 is 28.7 Å². The molecule has 0 heterocycles. The highest BCUT2D eigenvalue weighted by molar-refractivity contribution is 6.35. The first-order valence-corrected chi connectivity index (χ1v) is 6.87. The van der Waals surface area contributed by atoms with Gasteiger partial charge in [-0.3, -0.25) is 10.1 Å². The third-order valence-corrected chi connectivity index (χ3v) is 3.15. The highest BCUT2D eigenvalue weighted by atomic mass is 35.5. The number of nitrogens with two attached hydrogens (primary N) is 1. The minimum Gasteiger partial charge on any atom is -0.402 e. The van der Waals surface area contributed by atoms with Gasteiger partial charge in [-0.05, 0) is 31.2 Å². The molecule has 0 radical (unpaired) electrons. The van der Waals surface area contributed by atoms with Gasteiger partial charge in [0.25, 0.3) is 5.69 Å². The zero-order chi connectivity index (χ0) is 16.1. The molecule has 0 aliphatic heterocycles. The van der Waals surface area contributed by atoms with Crippen LogP contribution in [-0.2, 0) is 0 Å². The molecular weight excluding hydrogens is 302 g/mol. The summed E-state index contributed by atoms with van der Waals surface area (Å²) in [4.78, 5) is 14.7. The Bertz CT molecular complexity index is 748. The third-order valence-electron chi connectivity index (χ3n) is 2.82. The number of nitrogens with zero attached hydrogens (tertiary/aromatic N) is 2. The van der Waals surface area contributed by atoms with E-state index < -0.39 is 4.92 Å². The average Bonchev–Trinajstić information content (AvgIpc) is 2.47. The maximum absolute atomic E-state index is 10.7. The van der Waals surface area contributed by atoms with Crippen molar-refractivity contribution in [3.63, 3.8) is 0 Å².